The highest BCUT2D eigenvalue weighted by molar-refractivity contribution is 14.1. The zero-order valence-electron chi connectivity index (χ0n) is 10.9. The third kappa shape index (κ3) is 2.59. The summed E-state index contributed by atoms with van der Waals surface area (Å²) in [5, 5.41) is 10.6. The average Bonchev–Trinajstić information content (AvgIpc) is 2.32. The zero-order valence-corrected chi connectivity index (χ0v) is 13.0. The molecule has 0 fully saturated rings. The highest BCUT2D eigenvalue weighted by atomic mass is 127. The Bertz CT molecular complexity index is 575. The number of aryl methyl sites for hydroxylation is 3. The van der Waals surface area contributed by atoms with Gasteiger partial charge in [0.2, 0.25) is 0 Å². The van der Waals surface area contributed by atoms with Gasteiger partial charge >= 0.3 is 0 Å². The molecule has 0 saturated carbocycles. The van der Waals surface area contributed by atoms with Crippen LogP contribution in [0.15, 0.2) is 36.4 Å². The van der Waals surface area contributed by atoms with Crippen molar-refractivity contribution >= 4 is 22.6 Å². The van der Waals surface area contributed by atoms with E-state index in [1.165, 1.54) is 11.1 Å². The second-order valence-corrected chi connectivity index (χ2v) is 5.82. The van der Waals surface area contributed by atoms with Crippen molar-refractivity contribution in [2.24, 2.45) is 0 Å². The van der Waals surface area contributed by atoms with Crippen molar-refractivity contribution in [2.75, 3.05) is 0 Å². The summed E-state index contributed by atoms with van der Waals surface area (Å²) in [4.78, 5) is 0. The molecule has 18 heavy (non-hydrogen) atoms. The van der Waals surface area contributed by atoms with E-state index in [-0.39, 0.29) is 0 Å². The highest BCUT2D eigenvalue weighted by Gasteiger charge is 2.16. The Kier molecular flexibility index (Phi) is 4.07. The summed E-state index contributed by atoms with van der Waals surface area (Å²) in [6.45, 7) is 6.19. The summed E-state index contributed by atoms with van der Waals surface area (Å²) in [5.41, 5.74) is 5.55. The molecule has 0 amide bonds. The molecule has 1 N–H and O–H groups in total. The lowest BCUT2D eigenvalue weighted by atomic mass is 9.95. The van der Waals surface area contributed by atoms with Gasteiger partial charge in [0, 0.05) is 3.57 Å². The third-order valence-corrected chi connectivity index (χ3v) is 4.71. The number of benzene rings is 2. The van der Waals surface area contributed by atoms with Crippen LogP contribution >= 0.6 is 22.6 Å². The fourth-order valence-electron chi connectivity index (χ4n) is 2.18. The van der Waals surface area contributed by atoms with Gasteiger partial charge < -0.3 is 5.11 Å². The predicted molar refractivity (Wildman–Crippen MR) is 83.9 cm³/mol. The van der Waals surface area contributed by atoms with Crippen molar-refractivity contribution in [3.63, 3.8) is 0 Å². The van der Waals surface area contributed by atoms with Gasteiger partial charge in [-0.3, -0.25) is 0 Å². The Morgan fingerprint density at radius 1 is 0.944 bits per heavy atom. The smallest absolute Gasteiger partial charge is 0.105 e. The van der Waals surface area contributed by atoms with Gasteiger partial charge in [-0.15, -0.1) is 0 Å². The second kappa shape index (κ2) is 5.41. The molecule has 2 aromatic rings. The maximum Gasteiger partial charge on any atom is 0.105 e. The Morgan fingerprint density at radius 3 is 2.33 bits per heavy atom. The lowest BCUT2D eigenvalue weighted by Gasteiger charge is -2.17. The van der Waals surface area contributed by atoms with Gasteiger partial charge in [-0.25, -0.2) is 0 Å². The molecule has 0 aromatic heterocycles. The van der Waals surface area contributed by atoms with Crippen molar-refractivity contribution in [1.82, 2.24) is 0 Å². The number of hydrogen-bond acceptors (Lipinski definition) is 1. The molecule has 0 bridgehead atoms. The van der Waals surface area contributed by atoms with Crippen molar-refractivity contribution in [3.8, 4) is 0 Å². The van der Waals surface area contributed by atoms with Crippen LogP contribution in [-0.2, 0) is 0 Å². The molecule has 1 nitrogen and oxygen atoms in total. The van der Waals surface area contributed by atoms with E-state index in [4.69, 9.17) is 0 Å². The lowest BCUT2D eigenvalue weighted by Crippen LogP contribution is -2.05. The standard InChI is InChI=1S/C16H17IO/c1-10-7-8-13(12(3)9-10)16(18)14-6-4-5-11(2)15(14)17/h4-9,16,18H,1-3H3. The molecular formula is C16H17IO. The topological polar surface area (TPSA) is 20.2 Å². The van der Waals surface area contributed by atoms with E-state index in [2.05, 4.69) is 48.6 Å². The first-order chi connectivity index (χ1) is 8.50. The van der Waals surface area contributed by atoms with Crippen LogP contribution in [0, 0.1) is 24.3 Å². The first kappa shape index (κ1) is 13.6. The highest BCUT2D eigenvalue weighted by Crippen LogP contribution is 2.30. The van der Waals surface area contributed by atoms with E-state index in [0.29, 0.717) is 0 Å². The van der Waals surface area contributed by atoms with E-state index in [1.807, 2.05) is 31.2 Å². The Balaban J connectivity index is 2.48. The monoisotopic (exact) mass is 352 g/mol. The van der Waals surface area contributed by atoms with Crippen LogP contribution in [0.3, 0.4) is 0 Å². The number of aliphatic hydroxyl groups is 1. The minimum Gasteiger partial charge on any atom is -0.384 e. The Hall–Kier alpha value is -0.870. The van der Waals surface area contributed by atoms with Crippen molar-refractivity contribution in [3.05, 3.63) is 67.8 Å². The van der Waals surface area contributed by atoms with Gasteiger partial charge in [0.15, 0.2) is 0 Å². The molecule has 0 spiro atoms. The van der Waals surface area contributed by atoms with Crippen molar-refractivity contribution < 1.29 is 5.11 Å². The molecule has 0 saturated heterocycles. The summed E-state index contributed by atoms with van der Waals surface area (Å²) in [7, 11) is 0. The van der Waals surface area contributed by atoms with Crippen LogP contribution in [0.1, 0.15) is 33.9 Å². The number of rotatable bonds is 2. The Labute approximate surface area is 122 Å². The summed E-state index contributed by atoms with van der Waals surface area (Å²) >= 11 is 2.31. The molecule has 1 atom stereocenters. The van der Waals surface area contributed by atoms with Crippen molar-refractivity contribution in [1.29, 1.82) is 0 Å². The number of halogens is 1. The van der Waals surface area contributed by atoms with Gasteiger partial charge in [0.05, 0.1) is 0 Å². The molecule has 94 valence electrons. The molecule has 0 aliphatic carbocycles. The Morgan fingerprint density at radius 2 is 1.67 bits per heavy atom. The molecule has 0 heterocycles. The first-order valence-corrected chi connectivity index (χ1v) is 7.09. The van der Waals surface area contributed by atoms with E-state index in [0.717, 1.165) is 20.3 Å². The van der Waals surface area contributed by atoms with Crippen LogP contribution in [0.25, 0.3) is 0 Å². The van der Waals surface area contributed by atoms with Gasteiger partial charge in [-0.2, -0.15) is 0 Å². The first-order valence-electron chi connectivity index (χ1n) is 6.01. The van der Waals surface area contributed by atoms with E-state index in [9.17, 15) is 5.11 Å². The molecule has 2 heteroatoms. The molecule has 2 aromatic carbocycles. The molecule has 0 aliphatic rings. The second-order valence-electron chi connectivity index (χ2n) is 4.74. The zero-order chi connectivity index (χ0) is 13.3. The SMILES string of the molecule is Cc1ccc(C(O)c2cccc(C)c2I)c(C)c1. The number of hydrogen-bond donors (Lipinski definition) is 1. The van der Waals surface area contributed by atoms with E-state index < -0.39 is 6.10 Å². The predicted octanol–water partition coefficient (Wildman–Crippen LogP) is 4.30. The molecule has 2 rings (SSSR count). The normalized spacial score (nSPS) is 12.5. The summed E-state index contributed by atoms with van der Waals surface area (Å²) in [6.07, 6.45) is -0.544. The van der Waals surface area contributed by atoms with Crippen LogP contribution in [-0.4, -0.2) is 5.11 Å². The van der Waals surface area contributed by atoms with Gasteiger partial charge in [-0.05, 0) is 65.6 Å². The van der Waals surface area contributed by atoms with Crippen LogP contribution in [0.2, 0.25) is 0 Å². The third-order valence-electron chi connectivity index (χ3n) is 3.24. The van der Waals surface area contributed by atoms with E-state index >= 15 is 0 Å². The van der Waals surface area contributed by atoms with Gasteiger partial charge in [-0.1, -0.05) is 42.0 Å². The summed E-state index contributed by atoms with van der Waals surface area (Å²) in [6, 6.07) is 12.3. The minimum absolute atomic E-state index is 0.544. The van der Waals surface area contributed by atoms with E-state index in [1.54, 1.807) is 0 Å². The lowest BCUT2D eigenvalue weighted by molar-refractivity contribution is 0.218. The quantitative estimate of drug-likeness (QED) is 0.799. The summed E-state index contributed by atoms with van der Waals surface area (Å²) in [5.74, 6) is 0. The van der Waals surface area contributed by atoms with Crippen LogP contribution in [0.5, 0.6) is 0 Å². The van der Waals surface area contributed by atoms with Gasteiger partial charge in [0.1, 0.15) is 6.10 Å². The van der Waals surface area contributed by atoms with Crippen LogP contribution < -0.4 is 0 Å². The largest absolute Gasteiger partial charge is 0.384 e. The fraction of sp³-hybridized carbons (Fsp3) is 0.250. The molecule has 0 radical (unpaired) electrons. The average molecular weight is 352 g/mol. The van der Waals surface area contributed by atoms with Crippen molar-refractivity contribution in [2.45, 2.75) is 26.9 Å². The molecular weight excluding hydrogens is 335 g/mol. The molecule has 0 aliphatic heterocycles. The van der Waals surface area contributed by atoms with Crippen LogP contribution in [0.4, 0.5) is 0 Å². The maximum absolute atomic E-state index is 10.6. The minimum atomic E-state index is -0.544. The maximum atomic E-state index is 10.6. The molecule has 1 unspecified atom stereocenters. The summed E-state index contributed by atoms with van der Waals surface area (Å²) < 4.78 is 1.14. The fourth-order valence-corrected chi connectivity index (χ4v) is 2.84. The number of aliphatic hydroxyl groups excluding tert-OH is 1. The van der Waals surface area contributed by atoms with Gasteiger partial charge in [0.25, 0.3) is 0 Å².